The van der Waals surface area contributed by atoms with Crippen molar-refractivity contribution in [1.29, 1.82) is 0 Å². The number of imidazole rings is 1. The lowest BCUT2D eigenvalue weighted by Gasteiger charge is -2.11. The summed E-state index contributed by atoms with van der Waals surface area (Å²) in [5.41, 5.74) is 0. The molecule has 3 heteroatoms. The summed E-state index contributed by atoms with van der Waals surface area (Å²) in [6.07, 6.45) is 7.20. The van der Waals surface area contributed by atoms with Gasteiger partial charge in [0.25, 0.3) is 0 Å². The van der Waals surface area contributed by atoms with Crippen molar-refractivity contribution >= 4 is 0 Å². The van der Waals surface area contributed by atoms with Gasteiger partial charge >= 0.3 is 0 Å². The summed E-state index contributed by atoms with van der Waals surface area (Å²) in [5, 5.41) is 0. The molecule has 0 spiro atoms. The number of nitrogens with one attached hydrogen (secondary N) is 1. The van der Waals surface area contributed by atoms with Gasteiger partial charge in [-0.1, -0.05) is 0 Å². The maximum Gasteiger partial charge on any atom is 0.120 e. The molecule has 1 aliphatic heterocycles. The molecule has 0 saturated carbocycles. The van der Waals surface area contributed by atoms with Crippen LogP contribution in [0.15, 0.2) is 12.4 Å². The molecule has 11 heavy (non-hydrogen) atoms. The highest BCUT2D eigenvalue weighted by molar-refractivity contribution is 4.90. The Balaban J connectivity index is 1.90. The van der Waals surface area contributed by atoms with E-state index in [1.807, 2.05) is 6.20 Å². The van der Waals surface area contributed by atoms with E-state index in [2.05, 4.69) is 21.3 Å². The Hall–Kier alpha value is -0.830. The van der Waals surface area contributed by atoms with Crippen LogP contribution < -0.4 is 0 Å². The summed E-state index contributed by atoms with van der Waals surface area (Å²) in [6, 6.07) is 0. The molecule has 0 atom stereocenters. The van der Waals surface area contributed by atoms with Gasteiger partial charge in [-0.3, -0.25) is 4.90 Å². The largest absolute Gasteiger partial charge is 0.348 e. The Morgan fingerprint density at radius 3 is 3.27 bits per heavy atom. The smallest absolute Gasteiger partial charge is 0.120 e. The van der Waals surface area contributed by atoms with E-state index in [9.17, 15) is 0 Å². The minimum atomic E-state index is 0.962. The average Bonchev–Trinajstić information content (AvgIpc) is 2.60. The predicted molar refractivity (Wildman–Crippen MR) is 42.8 cm³/mol. The molecule has 0 amide bonds. The van der Waals surface area contributed by atoms with Crippen LogP contribution in [0.5, 0.6) is 0 Å². The number of rotatable bonds is 2. The molecule has 0 bridgehead atoms. The molecule has 1 aromatic heterocycles. The fourth-order valence-corrected chi connectivity index (χ4v) is 1.38. The van der Waals surface area contributed by atoms with Crippen LogP contribution in [-0.4, -0.2) is 28.0 Å². The van der Waals surface area contributed by atoms with Crippen LogP contribution in [0.2, 0.25) is 0 Å². The van der Waals surface area contributed by atoms with Gasteiger partial charge in [0.2, 0.25) is 0 Å². The zero-order chi connectivity index (χ0) is 7.52. The zero-order valence-corrected chi connectivity index (χ0v) is 6.45. The average molecular weight is 150 g/mol. The van der Waals surface area contributed by atoms with Crippen LogP contribution in [-0.2, 0) is 6.54 Å². The minimum Gasteiger partial charge on any atom is -0.348 e. The first-order valence-electron chi connectivity index (χ1n) is 3.97. The third-order valence-electron chi connectivity index (χ3n) is 1.96. The second-order valence-corrected chi connectivity index (χ2v) is 2.85. The maximum absolute atomic E-state index is 4.17. The molecule has 0 aliphatic carbocycles. The number of hydrogen-bond acceptors (Lipinski definition) is 2. The molecule has 1 radical (unpaired) electrons. The summed E-state index contributed by atoms with van der Waals surface area (Å²) in [7, 11) is 0. The summed E-state index contributed by atoms with van der Waals surface area (Å²) in [6.45, 7) is 3.25. The van der Waals surface area contributed by atoms with Crippen LogP contribution >= 0.6 is 0 Å². The van der Waals surface area contributed by atoms with Crippen molar-refractivity contribution in [2.24, 2.45) is 0 Å². The monoisotopic (exact) mass is 150 g/mol. The molecule has 2 rings (SSSR count). The highest BCUT2D eigenvalue weighted by Gasteiger charge is 2.12. The molecule has 1 aromatic rings. The van der Waals surface area contributed by atoms with E-state index >= 15 is 0 Å². The SMILES string of the molecule is [CH]1CCN(Cc2ncc[nH]2)C1. The second-order valence-electron chi connectivity index (χ2n) is 2.85. The van der Waals surface area contributed by atoms with Crippen molar-refractivity contribution in [3.8, 4) is 0 Å². The van der Waals surface area contributed by atoms with Crippen molar-refractivity contribution < 1.29 is 0 Å². The molecule has 2 heterocycles. The van der Waals surface area contributed by atoms with Crippen molar-refractivity contribution in [3.05, 3.63) is 24.6 Å². The zero-order valence-electron chi connectivity index (χ0n) is 6.45. The number of hydrogen-bond donors (Lipinski definition) is 1. The number of aromatic amines is 1. The fraction of sp³-hybridized carbons (Fsp3) is 0.500. The normalized spacial score (nSPS) is 19.3. The predicted octanol–water partition coefficient (Wildman–Crippen LogP) is 0.820. The minimum absolute atomic E-state index is 0.962. The van der Waals surface area contributed by atoms with E-state index in [0.29, 0.717) is 0 Å². The van der Waals surface area contributed by atoms with Crippen LogP contribution in [0, 0.1) is 6.42 Å². The van der Waals surface area contributed by atoms with Crippen molar-refractivity contribution in [2.75, 3.05) is 13.1 Å². The Kier molecular flexibility index (Phi) is 1.90. The highest BCUT2D eigenvalue weighted by Crippen LogP contribution is 2.08. The topological polar surface area (TPSA) is 31.9 Å². The standard InChI is InChI=1S/C8H12N3/c1-2-6-11(5-1)7-8-9-3-4-10-8/h1,3-4H,2,5-7H2,(H,9,10). The Bertz CT molecular complexity index is 199. The summed E-state index contributed by atoms with van der Waals surface area (Å²) >= 11 is 0. The number of likely N-dealkylation sites (tertiary alicyclic amines) is 1. The van der Waals surface area contributed by atoms with E-state index in [1.54, 1.807) is 6.20 Å². The van der Waals surface area contributed by atoms with Crippen LogP contribution in [0.3, 0.4) is 0 Å². The molecular formula is C8H12N3. The first-order chi connectivity index (χ1) is 5.45. The Labute approximate surface area is 66.4 Å². The first kappa shape index (κ1) is 6.85. The number of aromatic nitrogens is 2. The summed E-state index contributed by atoms with van der Waals surface area (Å²) < 4.78 is 0. The Morgan fingerprint density at radius 2 is 2.64 bits per heavy atom. The lowest BCUT2D eigenvalue weighted by Crippen LogP contribution is -2.19. The van der Waals surface area contributed by atoms with E-state index in [-0.39, 0.29) is 0 Å². The molecule has 1 aliphatic rings. The fourth-order valence-electron chi connectivity index (χ4n) is 1.38. The number of H-pyrrole nitrogens is 1. The molecule has 59 valence electrons. The van der Waals surface area contributed by atoms with Gasteiger partial charge in [-0.15, -0.1) is 0 Å². The van der Waals surface area contributed by atoms with Gasteiger partial charge in [0.1, 0.15) is 5.82 Å². The molecule has 1 N–H and O–H groups in total. The van der Waals surface area contributed by atoms with Gasteiger partial charge < -0.3 is 4.98 Å². The van der Waals surface area contributed by atoms with Crippen molar-refractivity contribution in [2.45, 2.75) is 13.0 Å². The lowest BCUT2D eigenvalue weighted by atomic mass is 10.4. The third kappa shape index (κ3) is 1.60. The van der Waals surface area contributed by atoms with Crippen LogP contribution in [0.1, 0.15) is 12.2 Å². The van der Waals surface area contributed by atoms with Gasteiger partial charge in [0, 0.05) is 18.9 Å². The summed E-state index contributed by atoms with van der Waals surface area (Å²) in [4.78, 5) is 9.64. The molecular weight excluding hydrogens is 138 g/mol. The van der Waals surface area contributed by atoms with E-state index in [1.165, 1.54) is 13.0 Å². The molecule has 0 unspecified atom stereocenters. The van der Waals surface area contributed by atoms with Crippen LogP contribution in [0.25, 0.3) is 0 Å². The quantitative estimate of drug-likeness (QED) is 0.676. The maximum atomic E-state index is 4.17. The first-order valence-corrected chi connectivity index (χ1v) is 3.97. The van der Waals surface area contributed by atoms with Gasteiger partial charge in [0.15, 0.2) is 0 Å². The highest BCUT2D eigenvalue weighted by atomic mass is 15.2. The third-order valence-corrected chi connectivity index (χ3v) is 1.96. The van der Waals surface area contributed by atoms with Crippen LogP contribution in [0.4, 0.5) is 0 Å². The number of nitrogens with zero attached hydrogens (tertiary/aromatic N) is 2. The van der Waals surface area contributed by atoms with Gasteiger partial charge in [-0.25, -0.2) is 4.98 Å². The van der Waals surface area contributed by atoms with Crippen molar-refractivity contribution in [1.82, 2.24) is 14.9 Å². The molecule has 1 fully saturated rings. The molecule has 1 saturated heterocycles. The van der Waals surface area contributed by atoms with E-state index < -0.39 is 0 Å². The van der Waals surface area contributed by atoms with Gasteiger partial charge in [-0.2, -0.15) is 0 Å². The lowest BCUT2D eigenvalue weighted by molar-refractivity contribution is 0.329. The van der Waals surface area contributed by atoms with Crippen molar-refractivity contribution in [3.63, 3.8) is 0 Å². The second kappa shape index (κ2) is 3.05. The van der Waals surface area contributed by atoms with Gasteiger partial charge in [-0.05, 0) is 19.4 Å². The van der Waals surface area contributed by atoms with Gasteiger partial charge in [0.05, 0.1) is 6.54 Å². The molecule has 0 aromatic carbocycles. The summed E-state index contributed by atoms with van der Waals surface area (Å²) in [5.74, 6) is 1.07. The van der Waals surface area contributed by atoms with E-state index in [4.69, 9.17) is 0 Å². The Morgan fingerprint density at radius 1 is 1.64 bits per heavy atom. The van der Waals surface area contributed by atoms with E-state index in [0.717, 1.165) is 18.9 Å². The molecule has 3 nitrogen and oxygen atoms in total.